The lowest BCUT2D eigenvalue weighted by atomic mass is 10.2. The number of furan rings is 1. The lowest BCUT2D eigenvalue weighted by Gasteiger charge is -2.20. The van der Waals surface area contributed by atoms with E-state index in [1.165, 1.54) is 6.26 Å². The van der Waals surface area contributed by atoms with E-state index in [0.717, 1.165) is 0 Å². The number of ether oxygens (including phenoxy) is 1. The Morgan fingerprint density at radius 1 is 1.65 bits per heavy atom. The summed E-state index contributed by atoms with van der Waals surface area (Å²) in [4.78, 5) is 13.7. The molecule has 1 amide bonds. The lowest BCUT2D eigenvalue weighted by molar-refractivity contribution is 0.0698. The van der Waals surface area contributed by atoms with Crippen molar-refractivity contribution in [2.75, 3.05) is 26.8 Å². The Labute approximate surface area is 108 Å². The molecule has 1 heterocycles. The molecule has 0 aliphatic heterocycles. The monoisotopic (exact) mass is 300 g/mol. The Bertz CT molecular complexity index is 411. The van der Waals surface area contributed by atoms with Crippen LogP contribution in [0.2, 0.25) is 0 Å². The fraction of sp³-hybridized carbons (Fsp3) is 0.455. The van der Waals surface area contributed by atoms with Crippen molar-refractivity contribution in [2.45, 2.75) is 6.42 Å². The van der Waals surface area contributed by atoms with Gasteiger partial charge in [-0.1, -0.05) is 0 Å². The smallest absolute Gasteiger partial charge is 0.258 e. The van der Waals surface area contributed by atoms with Crippen LogP contribution in [-0.4, -0.2) is 37.6 Å². The molecule has 92 valence electrons. The van der Waals surface area contributed by atoms with Crippen molar-refractivity contribution in [3.63, 3.8) is 0 Å². The molecular weight excluding hydrogens is 288 g/mol. The third kappa shape index (κ3) is 3.88. The maximum absolute atomic E-state index is 12.1. The number of carbonyl (C=O) groups excluding carboxylic acids is 1. The van der Waals surface area contributed by atoms with Gasteiger partial charge >= 0.3 is 0 Å². The zero-order valence-electron chi connectivity index (χ0n) is 9.48. The minimum atomic E-state index is -0.169. The Hall–Kier alpha value is -1.32. The molecule has 0 spiro atoms. The van der Waals surface area contributed by atoms with Crippen LogP contribution in [0.1, 0.15) is 16.8 Å². The van der Waals surface area contributed by atoms with E-state index >= 15 is 0 Å². The highest BCUT2D eigenvalue weighted by Gasteiger charge is 2.19. The summed E-state index contributed by atoms with van der Waals surface area (Å²) in [5.74, 6) is -0.169. The first kappa shape index (κ1) is 13.7. The van der Waals surface area contributed by atoms with E-state index in [1.807, 2.05) is 6.07 Å². The number of hydrogen-bond acceptors (Lipinski definition) is 4. The van der Waals surface area contributed by atoms with Gasteiger partial charge in [0.2, 0.25) is 0 Å². The summed E-state index contributed by atoms with van der Waals surface area (Å²) >= 11 is 3.16. The molecule has 0 saturated carbocycles. The van der Waals surface area contributed by atoms with E-state index in [1.54, 1.807) is 18.1 Å². The molecule has 0 saturated heterocycles. The van der Waals surface area contributed by atoms with Crippen LogP contribution in [-0.2, 0) is 4.74 Å². The minimum Gasteiger partial charge on any atom is -0.457 e. The standard InChI is InChI=1S/C11H13BrN2O3/c1-16-8-6-14(5-2-4-13)11(15)9-3-7-17-10(9)12/h3,7H,2,5-6,8H2,1H3. The number of rotatable bonds is 6. The SMILES string of the molecule is COCCN(CCC#N)C(=O)c1ccoc1Br. The second-order valence-electron chi connectivity index (χ2n) is 3.30. The number of halogens is 1. The molecule has 6 heteroatoms. The first-order valence-corrected chi connectivity index (χ1v) is 5.88. The van der Waals surface area contributed by atoms with Gasteiger partial charge in [0.1, 0.15) is 0 Å². The Kier molecular flexibility index (Phi) is 5.73. The predicted octanol–water partition coefficient (Wildman–Crippen LogP) is 2.04. The second kappa shape index (κ2) is 7.09. The summed E-state index contributed by atoms with van der Waals surface area (Å²) in [5.41, 5.74) is 0.457. The van der Waals surface area contributed by atoms with Gasteiger partial charge < -0.3 is 14.1 Å². The molecule has 0 aromatic carbocycles. The largest absolute Gasteiger partial charge is 0.457 e. The van der Waals surface area contributed by atoms with Gasteiger partial charge in [0.05, 0.1) is 30.9 Å². The Balaban J connectivity index is 2.72. The van der Waals surface area contributed by atoms with Crippen molar-refractivity contribution >= 4 is 21.8 Å². The van der Waals surface area contributed by atoms with Crippen LogP contribution in [0, 0.1) is 11.3 Å². The molecule has 1 rings (SSSR count). The summed E-state index contributed by atoms with van der Waals surface area (Å²) in [5, 5.41) is 8.56. The maximum atomic E-state index is 12.1. The predicted molar refractivity (Wildman–Crippen MR) is 64.4 cm³/mol. The molecule has 0 aliphatic rings. The molecule has 0 atom stereocenters. The molecule has 5 nitrogen and oxygen atoms in total. The van der Waals surface area contributed by atoms with Gasteiger partial charge in [0.25, 0.3) is 5.91 Å². The normalized spacial score (nSPS) is 9.94. The van der Waals surface area contributed by atoms with Crippen LogP contribution in [0.3, 0.4) is 0 Å². The number of methoxy groups -OCH3 is 1. The zero-order valence-corrected chi connectivity index (χ0v) is 11.1. The highest BCUT2D eigenvalue weighted by molar-refractivity contribution is 9.10. The average Bonchev–Trinajstić information content (AvgIpc) is 2.75. The molecule has 0 unspecified atom stereocenters. The summed E-state index contributed by atoms with van der Waals surface area (Å²) in [6.45, 7) is 1.28. The molecule has 0 bridgehead atoms. The van der Waals surface area contributed by atoms with Crippen LogP contribution in [0.15, 0.2) is 21.4 Å². The number of amides is 1. The third-order valence-electron chi connectivity index (χ3n) is 2.19. The molecule has 1 aromatic rings. The van der Waals surface area contributed by atoms with Crippen molar-refractivity contribution in [3.8, 4) is 6.07 Å². The van der Waals surface area contributed by atoms with Crippen LogP contribution >= 0.6 is 15.9 Å². The lowest BCUT2D eigenvalue weighted by Crippen LogP contribution is -2.34. The van der Waals surface area contributed by atoms with Gasteiger partial charge in [0, 0.05) is 20.2 Å². The zero-order chi connectivity index (χ0) is 12.7. The van der Waals surface area contributed by atoms with Crippen LogP contribution < -0.4 is 0 Å². The minimum absolute atomic E-state index is 0.169. The Morgan fingerprint density at radius 3 is 2.94 bits per heavy atom. The van der Waals surface area contributed by atoms with Crippen molar-refractivity contribution in [1.29, 1.82) is 5.26 Å². The van der Waals surface area contributed by atoms with Crippen LogP contribution in [0.25, 0.3) is 0 Å². The maximum Gasteiger partial charge on any atom is 0.258 e. The highest BCUT2D eigenvalue weighted by atomic mass is 79.9. The van der Waals surface area contributed by atoms with E-state index < -0.39 is 0 Å². The summed E-state index contributed by atoms with van der Waals surface area (Å²) in [7, 11) is 1.57. The summed E-state index contributed by atoms with van der Waals surface area (Å²) < 4.78 is 10.4. The van der Waals surface area contributed by atoms with Gasteiger partial charge in [-0.3, -0.25) is 4.79 Å². The van der Waals surface area contributed by atoms with E-state index in [0.29, 0.717) is 36.4 Å². The van der Waals surface area contributed by atoms with Gasteiger partial charge in [-0.2, -0.15) is 5.26 Å². The average molecular weight is 301 g/mol. The number of nitrogens with zero attached hydrogens (tertiary/aromatic N) is 2. The molecule has 1 aromatic heterocycles. The molecule has 0 N–H and O–H groups in total. The molecule has 17 heavy (non-hydrogen) atoms. The first-order valence-electron chi connectivity index (χ1n) is 5.09. The first-order chi connectivity index (χ1) is 8.20. The summed E-state index contributed by atoms with van der Waals surface area (Å²) in [6, 6.07) is 3.62. The molecule has 0 aliphatic carbocycles. The van der Waals surface area contributed by atoms with Crippen LogP contribution in [0.5, 0.6) is 0 Å². The van der Waals surface area contributed by atoms with E-state index in [-0.39, 0.29) is 5.91 Å². The van der Waals surface area contributed by atoms with E-state index in [2.05, 4.69) is 15.9 Å². The third-order valence-corrected chi connectivity index (χ3v) is 2.81. The molecule has 0 radical (unpaired) electrons. The fourth-order valence-corrected chi connectivity index (χ4v) is 1.73. The van der Waals surface area contributed by atoms with Crippen molar-refractivity contribution in [2.24, 2.45) is 0 Å². The van der Waals surface area contributed by atoms with Gasteiger partial charge in [-0.05, 0) is 22.0 Å². The Morgan fingerprint density at radius 2 is 2.41 bits per heavy atom. The van der Waals surface area contributed by atoms with E-state index in [9.17, 15) is 4.79 Å². The highest BCUT2D eigenvalue weighted by Crippen LogP contribution is 2.19. The van der Waals surface area contributed by atoms with Gasteiger partial charge in [-0.25, -0.2) is 0 Å². The fourth-order valence-electron chi connectivity index (χ4n) is 1.32. The number of nitriles is 1. The number of carbonyl (C=O) groups is 1. The van der Waals surface area contributed by atoms with Gasteiger partial charge in [0.15, 0.2) is 4.67 Å². The van der Waals surface area contributed by atoms with E-state index in [4.69, 9.17) is 14.4 Å². The molecular formula is C11H13BrN2O3. The van der Waals surface area contributed by atoms with Gasteiger partial charge in [-0.15, -0.1) is 0 Å². The quantitative estimate of drug-likeness (QED) is 0.806. The van der Waals surface area contributed by atoms with Crippen LogP contribution in [0.4, 0.5) is 0 Å². The molecule has 0 fully saturated rings. The van der Waals surface area contributed by atoms with Crippen molar-refractivity contribution in [3.05, 3.63) is 22.6 Å². The summed E-state index contributed by atoms with van der Waals surface area (Å²) in [6.07, 6.45) is 1.74. The topological polar surface area (TPSA) is 66.5 Å². The number of hydrogen-bond donors (Lipinski definition) is 0. The van der Waals surface area contributed by atoms with Crippen molar-refractivity contribution < 1.29 is 13.9 Å². The van der Waals surface area contributed by atoms with Crippen molar-refractivity contribution in [1.82, 2.24) is 4.90 Å². The second-order valence-corrected chi connectivity index (χ2v) is 4.02.